The molecule has 3 fully saturated rings. The summed E-state index contributed by atoms with van der Waals surface area (Å²) in [6.07, 6.45) is -1.90. The molecule has 3 aliphatic rings. The average molecular weight is 515 g/mol. The molecule has 4 rings (SSSR count). The number of hydrogen-bond donors (Lipinski definition) is 2. The van der Waals surface area contributed by atoms with E-state index in [4.69, 9.17) is 9.47 Å². The van der Waals surface area contributed by atoms with Gasteiger partial charge in [-0.15, -0.1) is 0 Å². The van der Waals surface area contributed by atoms with E-state index in [1.165, 1.54) is 6.07 Å². The number of pyridine rings is 1. The van der Waals surface area contributed by atoms with Crippen LogP contribution < -0.4 is 10.2 Å². The fraction of sp³-hybridized carbons (Fsp3) is 0.760. The lowest BCUT2D eigenvalue weighted by molar-refractivity contribution is -0.158. The Bertz CT molecular complexity index is 917. The summed E-state index contributed by atoms with van der Waals surface area (Å²) in [7, 11) is 1.67. The monoisotopic (exact) mass is 514 g/mol. The number of ether oxygens (including phenoxy) is 2. The van der Waals surface area contributed by atoms with Crippen LogP contribution in [0.3, 0.4) is 0 Å². The Morgan fingerprint density at radius 1 is 1.22 bits per heavy atom. The summed E-state index contributed by atoms with van der Waals surface area (Å²) >= 11 is 0. The first-order valence-electron chi connectivity index (χ1n) is 12.6. The minimum atomic E-state index is -4.51. The lowest BCUT2D eigenvalue weighted by Gasteiger charge is -2.45. The molecule has 0 spiro atoms. The number of carbonyl (C=O) groups is 1. The van der Waals surface area contributed by atoms with E-state index in [2.05, 4.69) is 10.3 Å². The van der Waals surface area contributed by atoms with Gasteiger partial charge in [0, 0.05) is 52.0 Å². The zero-order chi connectivity index (χ0) is 26.1. The minimum Gasteiger partial charge on any atom is -0.389 e. The maximum absolute atomic E-state index is 13.9. The van der Waals surface area contributed by atoms with Crippen molar-refractivity contribution in [2.45, 2.75) is 69.5 Å². The number of alkyl halides is 3. The second kappa shape index (κ2) is 10.4. The summed E-state index contributed by atoms with van der Waals surface area (Å²) in [5.41, 5.74) is -3.09. The smallest absolute Gasteiger partial charge is 0.389 e. The predicted octanol–water partition coefficient (Wildman–Crippen LogP) is 2.45. The van der Waals surface area contributed by atoms with E-state index in [9.17, 15) is 23.1 Å². The lowest BCUT2D eigenvalue weighted by Crippen LogP contribution is -2.59. The maximum atomic E-state index is 13.9. The Kier molecular flexibility index (Phi) is 7.85. The number of rotatable bonds is 6. The highest BCUT2D eigenvalue weighted by Crippen LogP contribution is 2.48. The number of halogens is 3. The lowest BCUT2D eigenvalue weighted by atomic mass is 9.70. The van der Waals surface area contributed by atoms with Crippen LogP contribution >= 0.6 is 0 Å². The van der Waals surface area contributed by atoms with Gasteiger partial charge < -0.3 is 29.7 Å². The molecule has 2 aliphatic heterocycles. The van der Waals surface area contributed by atoms with E-state index in [0.29, 0.717) is 52.2 Å². The average Bonchev–Trinajstić information content (AvgIpc) is 3.29. The predicted molar refractivity (Wildman–Crippen MR) is 128 cm³/mol. The number of hydrogen-bond acceptors (Lipinski definition) is 7. The molecule has 8 nitrogen and oxygen atoms in total. The zero-order valence-corrected chi connectivity index (χ0v) is 21.2. The highest BCUT2D eigenvalue weighted by Gasteiger charge is 2.56. The molecule has 1 amide bonds. The first kappa shape index (κ1) is 27.1. The van der Waals surface area contributed by atoms with E-state index in [1.807, 2.05) is 0 Å². The summed E-state index contributed by atoms with van der Waals surface area (Å²) in [5, 5.41) is 14.8. The minimum absolute atomic E-state index is 0.0517. The summed E-state index contributed by atoms with van der Waals surface area (Å²) in [6.45, 7) is 6.05. The van der Waals surface area contributed by atoms with E-state index in [-0.39, 0.29) is 29.9 Å². The number of carbonyl (C=O) groups excluding carboxylic acids is 1. The van der Waals surface area contributed by atoms with Crippen molar-refractivity contribution in [3.8, 4) is 0 Å². The van der Waals surface area contributed by atoms with Gasteiger partial charge in [0.15, 0.2) is 0 Å². The van der Waals surface area contributed by atoms with Gasteiger partial charge in [0.05, 0.1) is 23.7 Å². The van der Waals surface area contributed by atoms with Crippen LogP contribution in [0.4, 0.5) is 19.0 Å². The van der Waals surface area contributed by atoms with Crippen molar-refractivity contribution in [1.82, 2.24) is 15.2 Å². The van der Waals surface area contributed by atoms with Crippen LogP contribution in [0.5, 0.6) is 0 Å². The van der Waals surface area contributed by atoms with Gasteiger partial charge in [0.1, 0.15) is 11.5 Å². The second-order valence-electron chi connectivity index (χ2n) is 10.6. The number of piperazine rings is 1. The van der Waals surface area contributed by atoms with Crippen molar-refractivity contribution in [1.29, 1.82) is 0 Å². The van der Waals surface area contributed by atoms with E-state index in [1.54, 1.807) is 36.8 Å². The van der Waals surface area contributed by atoms with Gasteiger partial charge in [0.25, 0.3) is 0 Å². The molecule has 2 unspecified atom stereocenters. The molecule has 1 aliphatic carbocycles. The Morgan fingerprint density at radius 3 is 2.58 bits per heavy atom. The molecule has 11 heteroatoms. The summed E-state index contributed by atoms with van der Waals surface area (Å²) in [4.78, 5) is 21.2. The summed E-state index contributed by atoms with van der Waals surface area (Å²) in [5.74, 6) is 0.162. The van der Waals surface area contributed by atoms with Gasteiger partial charge in [-0.1, -0.05) is 6.07 Å². The number of aliphatic hydroxyl groups is 1. The largest absolute Gasteiger partial charge is 0.433 e. The van der Waals surface area contributed by atoms with Gasteiger partial charge >= 0.3 is 6.18 Å². The molecule has 4 atom stereocenters. The van der Waals surface area contributed by atoms with Crippen LogP contribution in [0.2, 0.25) is 0 Å². The number of nitrogens with one attached hydrogen (secondary N) is 1. The summed E-state index contributed by atoms with van der Waals surface area (Å²) < 4.78 is 50.3. The molecule has 0 aromatic carbocycles. The number of aromatic nitrogens is 1. The van der Waals surface area contributed by atoms with Crippen molar-refractivity contribution in [3.63, 3.8) is 0 Å². The SMILES string of the molecule is CO[C@@H]1COCCC1N[C@H]1CCC(C(=O)N2CCN(c3cccc(C(F)(F)F)n3)CC2)(C(C)(C)O)C1. The van der Waals surface area contributed by atoms with Crippen molar-refractivity contribution in [2.24, 2.45) is 5.41 Å². The molecule has 1 aromatic heterocycles. The molecular weight excluding hydrogens is 477 g/mol. The molecule has 3 heterocycles. The van der Waals surface area contributed by atoms with Gasteiger partial charge in [-0.3, -0.25) is 4.79 Å². The third-order valence-corrected chi connectivity index (χ3v) is 8.07. The third kappa shape index (κ3) is 5.49. The second-order valence-corrected chi connectivity index (χ2v) is 10.6. The maximum Gasteiger partial charge on any atom is 0.433 e. The van der Waals surface area contributed by atoms with Crippen molar-refractivity contribution >= 4 is 11.7 Å². The standard InChI is InChI=1S/C25H37F3N4O4/c1-23(2,34)24(9-7-17(15-24)29-18-8-14-36-16-19(18)35-3)22(33)32-12-10-31(11-13-32)21-6-4-5-20(30-21)25(26,27)28/h4-6,17-19,29,34H,7-16H2,1-3H3/t17-,18?,19+,24?/m0/s1. The van der Waals surface area contributed by atoms with E-state index < -0.39 is 22.9 Å². The Balaban J connectivity index is 1.42. The van der Waals surface area contributed by atoms with Crippen LogP contribution in [-0.2, 0) is 20.4 Å². The molecule has 36 heavy (non-hydrogen) atoms. The van der Waals surface area contributed by atoms with Crippen LogP contribution in [0.15, 0.2) is 18.2 Å². The highest BCUT2D eigenvalue weighted by atomic mass is 19.4. The molecule has 1 aromatic rings. The summed E-state index contributed by atoms with van der Waals surface area (Å²) in [6, 6.07) is 4.06. The third-order valence-electron chi connectivity index (χ3n) is 8.07. The Labute approximate surface area is 210 Å². The molecule has 0 radical (unpaired) electrons. The molecule has 2 saturated heterocycles. The van der Waals surface area contributed by atoms with Crippen LogP contribution in [0.1, 0.15) is 45.2 Å². The topological polar surface area (TPSA) is 87.2 Å². The molecular formula is C25H37F3N4O4. The van der Waals surface area contributed by atoms with Crippen LogP contribution in [-0.4, -0.2) is 91.2 Å². The zero-order valence-electron chi connectivity index (χ0n) is 21.2. The number of anilines is 1. The van der Waals surface area contributed by atoms with Crippen molar-refractivity contribution in [2.75, 3.05) is 51.4 Å². The van der Waals surface area contributed by atoms with Gasteiger partial charge in [0.2, 0.25) is 5.91 Å². The van der Waals surface area contributed by atoms with Gasteiger partial charge in [-0.25, -0.2) is 4.98 Å². The van der Waals surface area contributed by atoms with Crippen LogP contribution in [0, 0.1) is 5.41 Å². The highest BCUT2D eigenvalue weighted by molar-refractivity contribution is 5.85. The number of amides is 1. The van der Waals surface area contributed by atoms with Crippen molar-refractivity contribution < 1.29 is 32.5 Å². The Morgan fingerprint density at radius 2 is 1.94 bits per heavy atom. The van der Waals surface area contributed by atoms with E-state index >= 15 is 0 Å². The fourth-order valence-electron chi connectivity index (χ4n) is 5.84. The molecule has 0 bridgehead atoms. The fourth-order valence-corrected chi connectivity index (χ4v) is 5.84. The first-order chi connectivity index (χ1) is 16.9. The number of nitrogens with zero attached hydrogens (tertiary/aromatic N) is 3. The normalized spacial score (nSPS) is 30.0. The molecule has 2 N–H and O–H groups in total. The van der Waals surface area contributed by atoms with Crippen molar-refractivity contribution in [3.05, 3.63) is 23.9 Å². The molecule has 1 saturated carbocycles. The number of methoxy groups -OCH3 is 1. The van der Waals surface area contributed by atoms with Crippen LogP contribution in [0.25, 0.3) is 0 Å². The van der Waals surface area contributed by atoms with Gasteiger partial charge in [-0.2, -0.15) is 13.2 Å². The van der Waals surface area contributed by atoms with E-state index in [0.717, 1.165) is 18.9 Å². The first-order valence-corrected chi connectivity index (χ1v) is 12.6. The molecule has 202 valence electrons. The Hall–Kier alpha value is -1.95. The quantitative estimate of drug-likeness (QED) is 0.603. The van der Waals surface area contributed by atoms with Gasteiger partial charge in [-0.05, 0) is 51.7 Å².